The van der Waals surface area contributed by atoms with Crippen LogP contribution in [0.15, 0.2) is 43.0 Å². The average molecular weight is 201 g/mol. The monoisotopic (exact) mass is 201 g/mol. The van der Waals surface area contributed by atoms with Crippen molar-refractivity contribution in [3.63, 3.8) is 0 Å². The third kappa shape index (κ3) is 1.96. The summed E-state index contributed by atoms with van der Waals surface area (Å²) < 4.78 is 0. The Morgan fingerprint density at radius 2 is 1.60 bits per heavy atom. The first kappa shape index (κ1) is 9.26. The van der Waals surface area contributed by atoms with Crippen molar-refractivity contribution >= 4 is 5.69 Å². The van der Waals surface area contributed by atoms with Crippen LogP contribution in [0.4, 0.5) is 5.69 Å². The summed E-state index contributed by atoms with van der Waals surface area (Å²) in [5, 5.41) is 10.4. The molecule has 5 nitrogen and oxygen atoms in total. The second kappa shape index (κ2) is 3.83. The standard InChI is InChI=1S/C10H7N3O2/c14-13(15)10-3-1-8(2-4-10)9-5-11-7-12-6-9/h1-7H. The number of hydrogen-bond donors (Lipinski definition) is 0. The van der Waals surface area contributed by atoms with Crippen LogP contribution in [0.1, 0.15) is 0 Å². The molecule has 0 aliphatic rings. The number of aromatic nitrogens is 2. The fourth-order valence-corrected chi connectivity index (χ4v) is 1.22. The SMILES string of the molecule is O=[N+]([O-])c1ccc(-c2cncnc2)cc1. The first-order valence-electron chi connectivity index (χ1n) is 4.27. The summed E-state index contributed by atoms with van der Waals surface area (Å²) in [4.78, 5) is 17.8. The van der Waals surface area contributed by atoms with Crippen molar-refractivity contribution in [1.29, 1.82) is 0 Å². The zero-order valence-electron chi connectivity index (χ0n) is 7.70. The summed E-state index contributed by atoms with van der Waals surface area (Å²) in [5.41, 5.74) is 1.78. The van der Waals surface area contributed by atoms with E-state index in [1.807, 2.05) is 0 Å². The van der Waals surface area contributed by atoms with Crippen molar-refractivity contribution in [2.45, 2.75) is 0 Å². The Kier molecular flexibility index (Phi) is 2.37. The van der Waals surface area contributed by atoms with Gasteiger partial charge in [0.1, 0.15) is 6.33 Å². The van der Waals surface area contributed by atoms with Gasteiger partial charge in [0.15, 0.2) is 0 Å². The van der Waals surface area contributed by atoms with E-state index < -0.39 is 4.92 Å². The van der Waals surface area contributed by atoms with Crippen molar-refractivity contribution in [2.24, 2.45) is 0 Å². The van der Waals surface area contributed by atoms with Gasteiger partial charge in [0, 0.05) is 30.1 Å². The minimum atomic E-state index is -0.425. The minimum absolute atomic E-state index is 0.0793. The Morgan fingerprint density at radius 1 is 1.00 bits per heavy atom. The summed E-state index contributed by atoms with van der Waals surface area (Å²) in [7, 11) is 0. The lowest BCUT2D eigenvalue weighted by Crippen LogP contribution is -1.87. The van der Waals surface area contributed by atoms with Crippen LogP contribution in [-0.4, -0.2) is 14.9 Å². The van der Waals surface area contributed by atoms with Gasteiger partial charge in [-0.2, -0.15) is 0 Å². The smallest absolute Gasteiger partial charge is 0.258 e. The summed E-state index contributed by atoms with van der Waals surface area (Å²) in [6, 6.07) is 6.28. The van der Waals surface area contributed by atoms with Crippen molar-refractivity contribution in [1.82, 2.24) is 9.97 Å². The molecule has 0 aliphatic carbocycles. The maximum absolute atomic E-state index is 10.4. The minimum Gasteiger partial charge on any atom is -0.258 e. The van der Waals surface area contributed by atoms with E-state index in [-0.39, 0.29) is 5.69 Å². The predicted molar refractivity (Wildman–Crippen MR) is 54.1 cm³/mol. The zero-order valence-corrected chi connectivity index (χ0v) is 7.70. The molecule has 15 heavy (non-hydrogen) atoms. The van der Waals surface area contributed by atoms with Gasteiger partial charge in [-0.3, -0.25) is 10.1 Å². The van der Waals surface area contributed by atoms with Crippen LogP contribution in [0.25, 0.3) is 11.1 Å². The van der Waals surface area contributed by atoms with Crippen LogP contribution in [0.3, 0.4) is 0 Å². The van der Waals surface area contributed by atoms with Gasteiger partial charge in [0.25, 0.3) is 5.69 Å². The Balaban J connectivity index is 2.36. The lowest BCUT2D eigenvalue weighted by Gasteiger charge is -1.98. The molecule has 0 saturated heterocycles. The highest BCUT2D eigenvalue weighted by Gasteiger charge is 2.04. The number of benzene rings is 1. The number of hydrogen-bond acceptors (Lipinski definition) is 4. The van der Waals surface area contributed by atoms with Crippen molar-refractivity contribution in [3.05, 3.63) is 53.1 Å². The van der Waals surface area contributed by atoms with Crippen LogP contribution >= 0.6 is 0 Å². The molecule has 1 heterocycles. The Labute approximate surface area is 85.6 Å². The molecule has 0 fully saturated rings. The largest absolute Gasteiger partial charge is 0.269 e. The Hall–Kier alpha value is -2.30. The van der Waals surface area contributed by atoms with E-state index in [9.17, 15) is 10.1 Å². The summed E-state index contributed by atoms with van der Waals surface area (Å²) in [6.07, 6.45) is 4.76. The molecule has 0 atom stereocenters. The lowest BCUT2D eigenvalue weighted by atomic mass is 10.1. The fourth-order valence-electron chi connectivity index (χ4n) is 1.22. The third-order valence-corrected chi connectivity index (χ3v) is 1.97. The molecule has 0 N–H and O–H groups in total. The third-order valence-electron chi connectivity index (χ3n) is 1.97. The average Bonchev–Trinajstić information content (AvgIpc) is 2.30. The van der Waals surface area contributed by atoms with Gasteiger partial charge < -0.3 is 0 Å². The van der Waals surface area contributed by atoms with Gasteiger partial charge in [-0.15, -0.1) is 0 Å². The normalized spacial score (nSPS) is 9.87. The summed E-state index contributed by atoms with van der Waals surface area (Å²) in [6.45, 7) is 0. The van der Waals surface area contributed by atoms with Crippen LogP contribution in [0, 0.1) is 10.1 Å². The molecule has 2 rings (SSSR count). The van der Waals surface area contributed by atoms with Crippen LogP contribution in [-0.2, 0) is 0 Å². The molecule has 0 amide bonds. The molecular formula is C10H7N3O2. The van der Waals surface area contributed by atoms with E-state index in [2.05, 4.69) is 9.97 Å². The quantitative estimate of drug-likeness (QED) is 0.550. The highest BCUT2D eigenvalue weighted by molar-refractivity contribution is 5.62. The van der Waals surface area contributed by atoms with Gasteiger partial charge in [-0.1, -0.05) is 0 Å². The first-order chi connectivity index (χ1) is 7.27. The van der Waals surface area contributed by atoms with Crippen LogP contribution < -0.4 is 0 Å². The topological polar surface area (TPSA) is 68.9 Å². The van der Waals surface area contributed by atoms with E-state index in [1.165, 1.54) is 18.5 Å². The van der Waals surface area contributed by atoms with Crippen molar-refractivity contribution in [2.75, 3.05) is 0 Å². The molecule has 0 spiro atoms. The molecule has 0 radical (unpaired) electrons. The maximum atomic E-state index is 10.4. The molecule has 2 aromatic rings. The highest BCUT2D eigenvalue weighted by Crippen LogP contribution is 2.20. The molecule has 0 saturated carbocycles. The van der Waals surface area contributed by atoms with E-state index in [0.29, 0.717) is 0 Å². The first-order valence-corrected chi connectivity index (χ1v) is 4.27. The van der Waals surface area contributed by atoms with E-state index >= 15 is 0 Å². The molecule has 1 aromatic carbocycles. The predicted octanol–water partition coefficient (Wildman–Crippen LogP) is 2.05. The van der Waals surface area contributed by atoms with Gasteiger partial charge in [0.05, 0.1) is 4.92 Å². The molecule has 0 aliphatic heterocycles. The number of nitro groups is 1. The van der Waals surface area contributed by atoms with Crippen LogP contribution in [0.2, 0.25) is 0 Å². The molecule has 0 bridgehead atoms. The fraction of sp³-hybridized carbons (Fsp3) is 0. The van der Waals surface area contributed by atoms with Crippen LogP contribution in [0.5, 0.6) is 0 Å². The van der Waals surface area contributed by atoms with Gasteiger partial charge in [-0.05, 0) is 17.7 Å². The number of rotatable bonds is 2. The van der Waals surface area contributed by atoms with E-state index in [4.69, 9.17) is 0 Å². The summed E-state index contributed by atoms with van der Waals surface area (Å²) in [5.74, 6) is 0. The second-order valence-electron chi connectivity index (χ2n) is 2.93. The molecular weight excluding hydrogens is 194 g/mol. The molecule has 1 aromatic heterocycles. The molecule has 5 heteroatoms. The van der Waals surface area contributed by atoms with E-state index in [1.54, 1.807) is 24.5 Å². The number of nitrogens with zero attached hydrogens (tertiary/aromatic N) is 3. The molecule has 74 valence electrons. The zero-order chi connectivity index (χ0) is 10.7. The molecule has 0 unspecified atom stereocenters. The number of non-ortho nitro benzene ring substituents is 1. The van der Waals surface area contributed by atoms with Gasteiger partial charge in [-0.25, -0.2) is 9.97 Å². The van der Waals surface area contributed by atoms with E-state index in [0.717, 1.165) is 11.1 Å². The number of nitro benzene ring substituents is 1. The van der Waals surface area contributed by atoms with Gasteiger partial charge >= 0.3 is 0 Å². The Bertz CT molecular complexity index is 468. The lowest BCUT2D eigenvalue weighted by molar-refractivity contribution is -0.384. The maximum Gasteiger partial charge on any atom is 0.269 e. The summed E-state index contributed by atoms with van der Waals surface area (Å²) >= 11 is 0. The second-order valence-corrected chi connectivity index (χ2v) is 2.93. The van der Waals surface area contributed by atoms with Crippen molar-refractivity contribution in [3.8, 4) is 11.1 Å². The Morgan fingerprint density at radius 3 is 2.13 bits per heavy atom. The highest BCUT2D eigenvalue weighted by atomic mass is 16.6. The van der Waals surface area contributed by atoms with Crippen molar-refractivity contribution < 1.29 is 4.92 Å². The van der Waals surface area contributed by atoms with Gasteiger partial charge in [0.2, 0.25) is 0 Å².